The highest BCUT2D eigenvalue weighted by molar-refractivity contribution is 8.05. The van der Waals surface area contributed by atoms with Gasteiger partial charge in [-0.3, -0.25) is 4.57 Å². The summed E-state index contributed by atoms with van der Waals surface area (Å²) in [4.78, 5) is 0. The summed E-state index contributed by atoms with van der Waals surface area (Å²) in [5.74, 6) is -0.129. The summed E-state index contributed by atoms with van der Waals surface area (Å²) in [5, 5.41) is 0. The highest BCUT2D eigenvalue weighted by atomic mass is 35.9. The van der Waals surface area contributed by atoms with Gasteiger partial charge < -0.3 is 14.0 Å². The molecule has 112 valence electrons. The summed E-state index contributed by atoms with van der Waals surface area (Å²) in [6.07, 6.45) is -0.346. The van der Waals surface area contributed by atoms with Crippen LogP contribution in [0.25, 0.3) is 0 Å². The van der Waals surface area contributed by atoms with Crippen LogP contribution in [0.5, 0.6) is 0 Å². The van der Waals surface area contributed by atoms with Gasteiger partial charge >= 0.3 is 6.07 Å². The van der Waals surface area contributed by atoms with E-state index in [9.17, 15) is 4.57 Å². The van der Waals surface area contributed by atoms with Crippen LogP contribution in [0, 0.1) is 5.92 Å². The highest BCUT2D eigenvalue weighted by Crippen LogP contribution is 2.57. The standard InChI is InChI=1S/C12H21Cl2O4P/c1-5-10(3)16-7-12(8-17-11(4)6-2)9-18-19(13,14)15/h5-6,10-12H,1-2,7-9H2,3-4H3. The molecule has 0 aliphatic heterocycles. The zero-order chi connectivity index (χ0) is 14.9. The summed E-state index contributed by atoms with van der Waals surface area (Å²) < 4.78 is 27.0. The molecule has 2 atom stereocenters. The molecule has 0 amide bonds. The van der Waals surface area contributed by atoms with Gasteiger partial charge in [-0.25, -0.2) is 0 Å². The van der Waals surface area contributed by atoms with Gasteiger partial charge in [-0.15, -0.1) is 13.2 Å². The number of hydrogen-bond donors (Lipinski definition) is 0. The van der Waals surface area contributed by atoms with Gasteiger partial charge in [0, 0.05) is 5.92 Å². The van der Waals surface area contributed by atoms with Crippen LogP contribution in [-0.4, -0.2) is 32.0 Å². The highest BCUT2D eigenvalue weighted by Gasteiger charge is 2.20. The van der Waals surface area contributed by atoms with Crippen molar-refractivity contribution in [3.63, 3.8) is 0 Å². The van der Waals surface area contributed by atoms with Gasteiger partial charge in [-0.1, -0.05) is 12.2 Å². The number of rotatable bonds is 11. The van der Waals surface area contributed by atoms with Gasteiger partial charge in [-0.2, -0.15) is 0 Å². The molecule has 0 aromatic rings. The first-order valence-electron chi connectivity index (χ1n) is 5.90. The Morgan fingerprint density at radius 2 is 1.47 bits per heavy atom. The van der Waals surface area contributed by atoms with Gasteiger partial charge in [0.05, 0.1) is 32.0 Å². The molecule has 0 bridgehead atoms. The molecule has 0 saturated carbocycles. The van der Waals surface area contributed by atoms with E-state index in [0.717, 1.165) is 0 Å². The fraction of sp³-hybridized carbons (Fsp3) is 0.667. The molecule has 2 unspecified atom stereocenters. The zero-order valence-electron chi connectivity index (χ0n) is 11.3. The van der Waals surface area contributed by atoms with E-state index in [4.69, 9.17) is 36.5 Å². The van der Waals surface area contributed by atoms with Crippen molar-refractivity contribution < 1.29 is 18.6 Å². The summed E-state index contributed by atoms with van der Waals surface area (Å²) >= 11 is 10.7. The molecule has 7 heteroatoms. The molecule has 0 radical (unpaired) electrons. The number of ether oxygens (including phenoxy) is 2. The molecular formula is C12H21Cl2O4P. The fourth-order valence-corrected chi connectivity index (χ4v) is 1.77. The number of hydrogen-bond acceptors (Lipinski definition) is 4. The summed E-state index contributed by atoms with van der Waals surface area (Å²) in [6, 6.07) is 0. The Labute approximate surface area is 124 Å². The van der Waals surface area contributed by atoms with Crippen molar-refractivity contribution in [3.8, 4) is 0 Å². The van der Waals surface area contributed by atoms with Gasteiger partial charge in [0.25, 0.3) is 0 Å². The van der Waals surface area contributed by atoms with Crippen molar-refractivity contribution in [2.24, 2.45) is 5.92 Å². The Morgan fingerprint density at radius 1 is 1.05 bits per heavy atom. The zero-order valence-corrected chi connectivity index (χ0v) is 13.7. The lowest BCUT2D eigenvalue weighted by Crippen LogP contribution is -2.24. The third-order valence-corrected chi connectivity index (χ3v) is 3.35. The third kappa shape index (κ3) is 11.7. The predicted octanol–water partition coefficient (Wildman–Crippen LogP) is 4.39. The third-order valence-electron chi connectivity index (χ3n) is 2.31. The van der Waals surface area contributed by atoms with Crippen LogP contribution in [0.1, 0.15) is 13.8 Å². The van der Waals surface area contributed by atoms with E-state index in [2.05, 4.69) is 13.2 Å². The smallest absolute Gasteiger partial charge is 0.374 e. The molecule has 0 aromatic carbocycles. The first kappa shape index (κ1) is 19.2. The van der Waals surface area contributed by atoms with E-state index in [1.54, 1.807) is 12.2 Å². The van der Waals surface area contributed by atoms with Crippen LogP contribution in [0.4, 0.5) is 0 Å². The van der Waals surface area contributed by atoms with Gasteiger partial charge in [-0.05, 0) is 36.3 Å². The minimum atomic E-state index is -3.54. The molecule has 0 spiro atoms. The Kier molecular flexibility index (Phi) is 10.1. The summed E-state index contributed by atoms with van der Waals surface area (Å²) in [5.41, 5.74) is 0. The average molecular weight is 331 g/mol. The topological polar surface area (TPSA) is 44.8 Å². The van der Waals surface area contributed by atoms with Crippen molar-refractivity contribution in [1.82, 2.24) is 0 Å². The predicted molar refractivity (Wildman–Crippen MR) is 80.0 cm³/mol. The van der Waals surface area contributed by atoms with E-state index in [-0.39, 0.29) is 24.7 Å². The van der Waals surface area contributed by atoms with Gasteiger partial charge in [0.1, 0.15) is 0 Å². The Hall–Kier alpha value is 0.170. The van der Waals surface area contributed by atoms with E-state index in [0.29, 0.717) is 13.2 Å². The SMILES string of the molecule is C=CC(C)OCC(COC(C)C=C)COP(=O)(Cl)Cl. The normalized spacial score (nSPS) is 16.6. The lowest BCUT2D eigenvalue weighted by atomic mass is 10.2. The van der Waals surface area contributed by atoms with Crippen LogP contribution < -0.4 is 0 Å². The van der Waals surface area contributed by atoms with Gasteiger partial charge in [0.2, 0.25) is 0 Å². The van der Waals surface area contributed by atoms with Crippen LogP contribution >= 0.6 is 28.6 Å². The van der Waals surface area contributed by atoms with Crippen LogP contribution in [0.3, 0.4) is 0 Å². The van der Waals surface area contributed by atoms with Crippen molar-refractivity contribution in [1.29, 1.82) is 0 Å². The minimum Gasteiger partial charge on any atom is -0.374 e. The van der Waals surface area contributed by atoms with Crippen molar-refractivity contribution >= 4 is 28.6 Å². The van der Waals surface area contributed by atoms with E-state index >= 15 is 0 Å². The molecule has 0 aliphatic carbocycles. The molecule has 19 heavy (non-hydrogen) atoms. The summed E-state index contributed by atoms with van der Waals surface area (Å²) in [7, 11) is 0. The van der Waals surface area contributed by atoms with E-state index in [1.807, 2.05) is 13.8 Å². The molecule has 4 nitrogen and oxygen atoms in total. The lowest BCUT2D eigenvalue weighted by Gasteiger charge is -2.20. The van der Waals surface area contributed by atoms with E-state index in [1.165, 1.54) is 0 Å². The first-order chi connectivity index (χ1) is 8.78. The molecule has 0 saturated heterocycles. The molecular weight excluding hydrogens is 310 g/mol. The maximum absolute atomic E-state index is 11.1. The molecule has 0 heterocycles. The van der Waals surface area contributed by atoms with Crippen molar-refractivity contribution in [3.05, 3.63) is 25.3 Å². The van der Waals surface area contributed by atoms with Crippen LogP contribution in [0.2, 0.25) is 0 Å². The molecule has 0 N–H and O–H groups in total. The Balaban J connectivity index is 4.24. The second kappa shape index (κ2) is 9.98. The second-order valence-electron chi connectivity index (χ2n) is 4.12. The fourth-order valence-electron chi connectivity index (χ4n) is 1.05. The second-order valence-corrected chi connectivity index (χ2v) is 8.40. The largest absolute Gasteiger partial charge is 0.380 e. The van der Waals surface area contributed by atoms with Gasteiger partial charge in [0.15, 0.2) is 0 Å². The van der Waals surface area contributed by atoms with Crippen LogP contribution in [0.15, 0.2) is 25.3 Å². The minimum absolute atomic E-state index is 0.0851. The lowest BCUT2D eigenvalue weighted by molar-refractivity contribution is -0.00311. The average Bonchev–Trinajstić information content (AvgIpc) is 2.35. The Bertz CT molecular complexity index is 301. The first-order valence-corrected chi connectivity index (χ1v) is 9.34. The number of halogens is 2. The van der Waals surface area contributed by atoms with E-state index < -0.39 is 6.07 Å². The summed E-state index contributed by atoms with van der Waals surface area (Å²) in [6.45, 7) is 11.8. The molecule has 0 fully saturated rings. The van der Waals surface area contributed by atoms with Crippen molar-refractivity contribution in [2.75, 3.05) is 19.8 Å². The maximum Gasteiger partial charge on any atom is 0.380 e. The molecule has 0 rings (SSSR count). The van der Waals surface area contributed by atoms with Crippen LogP contribution in [-0.2, 0) is 18.6 Å². The quantitative estimate of drug-likeness (QED) is 0.416. The molecule has 0 aliphatic rings. The molecule has 0 aromatic heterocycles. The Morgan fingerprint density at radius 3 is 1.79 bits per heavy atom. The monoisotopic (exact) mass is 330 g/mol. The van der Waals surface area contributed by atoms with Crippen molar-refractivity contribution in [2.45, 2.75) is 26.1 Å². The maximum atomic E-state index is 11.1.